The first kappa shape index (κ1) is 13.8. The van der Waals surface area contributed by atoms with Gasteiger partial charge in [0.15, 0.2) is 0 Å². The smallest absolute Gasteiger partial charge is 0.278 e. The summed E-state index contributed by atoms with van der Waals surface area (Å²) in [7, 11) is 1.33. The number of hydrogen-bond donors (Lipinski definition) is 0. The van der Waals surface area contributed by atoms with Gasteiger partial charge in [-0.3, -0.25) is 19.4 Å². The molecule has 1 saturated carbocycles. The van der Waals surface area contributed by atoms with E-state index in [-0.39, 0.29) is 6.67 Å². The van der Waals surface area contributed by atoms with Crippen molar-refractivity contribution in [3.8, 4) is 0 Å². The van der Waals surface area contributed by atoms with Gasteiger partial charge >= 0.3 is 17.8 Å². The molecule has 110 valence electrons. The second-order valence-electron chi connectivity index (χ2n) is 5.48. The SMILES string of the molecule is CN1C(=O)C(=O)N(CN(Cc2ccccc2)C2CC2)C1=O. The van der Waals surface area contributed by atoms with Crippen molar-refractivity contribution in [2.24, 2.45) is 0 Å². The Morgan fingerprint density at radius 2 is 1.76 bits per heavy atom. The highest BCUT2D eigenvalue weighted by Crippen LogP contribution is 2.29. The number of rotatable bonds is 5. The van der Waals surface area contributed by atoms with E-state index in [0.717, 1.165) is 28.2 Å². The van der Waals surface area contributed by atoms with Crippen LogP contribution >= 0.6 is 0 Å². The Morgan fingerprint density at radius 3 is 2.29 bits per heavy atom. The monoisotopic (exact) mass is 287 g/mol. The van der Waals surface area contributed by atoms with Crippen molar-refractivity contribution in [3.63, 3.8) is 0 Å². The summed E-state index contributed by atoms with van der Waals surface area (Å²) in [5.41, 5.74) is 1.13. The Labute approximate surface area is 122 Å². The topological polar surface area (TPSA) is 60.9 Å². The fraction of sp³-hybridized carbons (Fsp3) is 0.400. The van der Waals surface area contributed by atoms with Crippen molar-refractivity contribution in [3.05, 3.63) is 35.9 Å². The first-order valence-corrected chi connectivity index (χ1v) is 6.99. The van der Waals surface area contributed by atoms with E-state index in [1.54, 1.807) is 0 Å². The second kappa shape index (κ2) is 5.29. The van der Waals surface area contributed by atoms with Gasteiger partial charge in [-0.1, -0.05) is 30.3 Å². The van der Waals surface area contributed by atoms with Gasteiger partial charge in [0, 0.05) is 19.6 Å². The highest BCUT2D eigenvalue weighted by Gasteiger charge is 2.44. The maximum Gasteiger partial charge on any atom is 0.335 e. The van der Waals surface area contributed by atoms with E-state index in [4.69, 9.17) is 0 Å². The van der Waals surface area contributed by atoms with Crippen LogP contribution in [0.4, 0.5) is 4.79 Å². The molecule has 2 aliphatic rings. The number of amides is 4. The number of benzene rings is 1. The van der Waals surface area contributed by atoms with Crippen LogP contribution in [-0.4, -0.2) is 52.3 Å². The van der Waals surface area contributed by atoms with Gasteiger partial charge in [-0.05, 0) is 18.4 Å². The van der Waals surface area contributed by atoms with Crippen LogP contribution in [0.2, 0.25) is 0 Å². The van der Waals surface area contributed by atoms with E-state index in [9.17, 15) is 14.4 Å². The third-order valence-electron chi connectivity index (χ3n) is 3.87. The number of carbonyl (C=O) groups excluding carboxylic acids is 3. The predicted molar refractivity (Wildman–Crippen MR) is 74.9 cm³/mol. The van der Waals surface area contributed by atoms with E-state index in [2.05, 4.69) is 4.90 Å². The third-order valence-corrected chi connectivity index (χ3v) is 3.87. The number of carbonyl (C=O) groups is 3. The lowest BCUT2D eigenvalue weighted by Gasteiger charge is -2.26. The van der Waals surface area contributed by atoms with Crippen LogP contribution in [0.3, 0.4) is 0 Å². The first-order chi connectivity index (χ1) is 10.1. The van der Waals surface area contributed by atoms with Gasteiger partial charge in [0.05, 0.1) is 6.67 Å². The summed E-state index contributed by atoms with van der Waals surface area (Å²) < 4.78 is 0. The van der Waals surface area contributed by atoms with Crippen molar-refractivity contribution in [1.29, 1.82) is 0 Å². The standard InChI is InChI=1S/C15H17N3O3/c1-16-13(19)14(20)18(15(16)21)10-17(12-7-8-12)9-11-5-3-2-4-6-11/h2-6,12H,7-10H2,1H3. The third kappa shape index (κ3) is 2.67. The number of nitrogens with zero attached hydrogens (tertiary/aromatic N) is 3. The molecule has 1 aliphatic carbocycles. The fourth-order valence-corrected chi connectivity index (χ4v) is 2.47. The highest BCUT2D eigenvalue weighted by molar-refractivity contribution is 6.44. The highest BCUT2D eigenvalue weighted by atomic mass is 16.2. The Morgan fingerprint density at radius 1 is 1.10 bits per heavy atom. The molecular formula is C15H17N3O3. The lowest BCUT2D eigenvalue weighted by atomic mass is 10.2. The van der Waals surface area contributed by atoms with Gasteiger partial charge in [-0.2, -0.15) is 0 Å². The maximum atomic E-state index is 11.9. The molecule has 1 saturated heterocycles. The van der Waals surface area contributed by atoms with Crippen LogP contribution in [0.15, 0.2) is 30.3 Å². The van der Waals surface area contributed by atoms with E-state index in [1.807, 2.05) is 30.3 Å². The molecule has 1 aromatic carbocycles. The van der Waals surface area contributed by atoms with Gasteiger partial charge in [0.1, 0.15) is 0 Å². The van der Waals surface area contributed by atoms with Gasteiger partial charge in [0.2, 0.25) is 0 Å². The molecule has 0 atom stereocenters. The molecule has 4 amide bonds. The maximum absolute atomic E-state index is 11.9. The lowest BCUT2D eigenvalue weighted by molar-refractivity contribution is -0.143. The Balaban J connectivity index is 1.73. The zero-order valence-electron chi connectivity index (χ0n) is 11.9. The van der Waals surface area contributed by atoms with Gasteiger partial charge < -0.3 is 0 Å². The zero-order chi connectivity index (χ0) is 15.0. The minimum absolute atomic E-state index is 0.174. The number of hydrogen-bond acceptors (Lipinski definition) is 4. The van der Waals surface area contributed by atoms with E-state index < -0.39 is 17.8 Å². The molecule has 3 rings (SSSR count). The van der Waals surface area contributed by atoms with Crippen molar-refractivity contribution in [1.82, 2.24) is 14.7 Å². The number of imide groups is 2. The first-order valence-electron chi connectivity index (χ1n) is 6.99. The molecule has 0 N–H and O–H groups in total. The summed E-state index contributed by atoms with van der Waals surface area (Å²) in [6.07, 6.45) is 2.12. The average molecular weight is 287 g/mol. The number of likely N-dealkylation sites (N-methyl/N-ethyl adjacent to an activating group) is 1. The van der Waals surface area contributed by atoms with Crippen LogP contribution in [-0.2, 0) is 16.1 Å². The molecule has 21 heavy (non-hydrogen) atoms. The van der Waals surface area contributed by atoms with Crippen molar-refractivity contribution in [2.45, 2.75) is 25.4 Å². The quantitative estimate of drug-likeness (QED) is 0.599. The molecule has 0 radical (unpaired) electrons. The lowest BCUT2D eigenvalue weighted by Crippen LogP contribution is -2.42. The second-order valence-corrected chi connectivity index (χ2v) is 5.48. The van der Waals surface area contributed by atoms with Crippen molar-refractivity contribution < 1.29 is 14.4 Å². The summed E-state index contributed by atoms with van der Waals surface area (Å²) in [5, 5.41) is 0. The Kier molecular flexibility index (Phi) is 3.47. The molecule has 0 bridgehead atoms. The van der Waals surface area contributed by atoms with Gasteiger partial charge in [-0.25, -0.2) is 9.69 Å². The molecule has 1 aromatic rings. The van der Waals surface area contributed by atoms with E-state index in [0.29, 0.717) is 12.6 Å². The molecule has 0 aromatic heterocycles. The van der Waals surface area contributed by atoms with Crippen molar-refractivity contribution >= 4 is 17.8 Å². The molecule has 0 spiro atoms. The molecular weight excluding hydrogens is 270 g/mol. The minimum Gasteiger partial charge on any atom is -0.278 e. The minimum atomic E-state index is -0.754. The average Bonchev–Trinajstić information content (AvgIpc) is 3.31. The largest absolute Gasteiger partial charge is 0.335 e. The predicted octanol–water partition coefficient (Wildman–Crippen LogP) is 1.03. The molecule has 1 heterocycles. The zero-order valence-corrected chi connectivity index (χ0v) is 11.9. The molecule has 6 heteroatoms. The van der Waals surface area contributed by atoms with Crippen LogP contribution < -0.4 is 0 Å². The normalized spacial score (nSPS) is 19.0. The Bertz CT molecular complexity index is 583. The van der Waals surface area contributed by atoms with Crippen LogP contribution in [0.25, 0.3) is 0 Å². The van der Waals surface area contributed by atoms with Crippen LogP contribution in [0.1, 0.15) is 18.4 Å². The van der Waals surface area contributed by atoms with Crippen LogP contribution in [0, 0.1) is 0 Å². The summed E-state index contributed by atoms with van der Waals surface area (Å²) in [5.74, 6) is -1.49. The molecule has 0 unspecified atom stereocenters. The van der Waals surface area contributed by atoms with Gasteiger partial charge in [-0.15, -0.1) is 0 Å². The van der Waals surface area contributed by atoms with Crippen LogP contribution in [0.5, 0.6) is 0 Å². The van der Waals surface area contributed by atoms with Gasteiger partial charge in [0.25, 0.3) is 0 Å². The molecule has 1 aliphatic heterocycles. The summed E-state index contributed by atoms with van der Waals surface area (Å²) in [4.78, 5) is 39.3. The fourth-order valence-electron chi connectivity index (χ4n) is 2.47. The molecule has 6 nitrogen and oxygen atoms in total. The van der Waals surface area contributed by atoms with E-state index >= 15 is 0 Å². The number of urea groups is 1. The van der Waals surface area contributed by atoms with Crippen molar-refractivity contribution in [2.75, 3.05) is 13.7 Å². The summed E-state index contributed by atoms with van der Waals surface area (Å²) >= 11 is 0. The Hall–Kier alpha value is -2.21. The summed E-state index contributed by atoms with van der Waals surface area (Å²) in [6.45, 7) is 0.841. The summed E-state index contributed by atoms with van der Waals surface area (Å²) in [6, 6.07) is 9.75. The molecule has 2 fully saturated rings. The van der Waals surface area contributed by atoms with E-state index in [1.165, 1.54) is 7.05 Å².